The van der Waals surface area contributed by atoms with Gasteiger partial charge in [-0.1, -0.05) is 72.8 Å². The maximum Gasteiger partial charge on any atom is 0.416 e. The van der Waals surface area contributed by atoms with Crippen LogP contribution in [0.1, 0.15) is 29.0 Å². The maximum atomic E-state index is 14.0. The summed E-state index contributed by atoms with van der Waals surface area (Å²) in [5, 5.41) is 12.2. The third-order valence-electron chi connectivity index (χ3n) is 7.38. The number of benzene rings is 4. The second kappa shape index (κ2) is 11.9. The first-order chi connectivity index (χ1) is 20.4. The first-order valence-corrected chi connectivity index (χ1v) is 14.8. The summed E-state index contributed by atoms with van der Waals surface area (Å²) >= 11 is 0. The Balaban J connectivity index is 1.41. The molecule has 1 aliphatic heterocycles. The molecule has 0 saturated heterocycles. The smallest absolute Gasteiger partial charge is 0.416 e. The van der Waals surface area contributed by atoms with Gasteiger partial charge in [0.25, 0.3) is 10.0 Å². The number of aliphatic carboxylic acids is 1. The minimum absolute atomic E-state index is 0.0123. The van der Waals surface area contributed by atoms with E-state index in [9.17, 15) is 36.3 Å². The fourth-order valence-corrected chi connectivity index (χ4v) is 6.90. The quantitative estimate of drug-likeness (QED) is 0.248. The Kier molecular flexibility index (Phi) is 8.27. The molecule has 0 fully saturated rings. The van der Waals surface area contributed by atoms with E-state index in [2.05, 4.69) is 5.32 Å². The fourth-order valence-electron chi connectivity index (χ4n) is 5.25. The van der Waals surface area contributed by atoms with Crippen LogP contribution >= 0.6 is 0 Å². The number of halogens is 3. The Bertz CT molecular complexity index is 1740. The number of fused-ring (bicyclic) bond motifs is 1. The highest BCUT2D eigenvalue weighted by atomic mass is 32.2. The Labute approximate surface area is 246 Å². The van der Waals surface area contributed by atoms with E-state index in [1.165, 1.54) is 36.4 Å². The van der Waals surface area contributed by atoms with Gasteiger partial charge in [0, 0.05) is 18.9 Å². The lowest BCUT2D eigenvalue weighted by molar-refractivity contribution is -0.138. The number of sulfonamides is 1. The molecule has 0 aromatic heterocycles. The van der Waals surface area contributed by atoms with E-state index in [1.54, 1.807) is 54.6 Å². The Morgan fingerprint density at radius 2 is 1.56 bits per heavy atom. The van der Waals surface area contributed by atoms with Crippen LogP contribution in [0.2, 0.25) is 0 Å². The van der Waals surface area contributed by atoms with Gasteiger partial charge in [0.15, 0.2) is 0 Å². The number of rotatable bonds is 9. The molecular weight excluding hydrogens is 581 g/mol. The molecule has 0 aliphatic carbocycles. The average molecular weight is 609 g/mol. The number of nitrogens with one attached hydrogen (secondary N) is 1. The van der Waals surface area contributed by atoms with Crippen molar-refractivity contribution in [3.63, 3.8) is 0 Å². The van der Waals surface area contributed by atoms with Crippen LogP contribution in [-0.2, 0) is 32.2 Å². The van der Waals surface area contributed by atoms with Crippen LogP contribution in [0.15, 0.2) is 108 Å². The number of carbonyl (C=O) groups excluding carboxylic acids is 1. The SMILES string of the molecule is O=C(O)CC(CNC(=O)[C@@H]1Cc2ccccc2N1S(=O)(=O)c1ccc(-c2cccc(C(F)(F)F)c2)cc1)c1ccccc1. The number of carboxylic acid groups (broad SMARTS) is 1. The predicted octanol–water partition coefficient (Wildman–Crippen LogP) is 5.87. The molecule has 1 heterocycles. The predicted molar refractivity (Wildman–Crippen MR) is 155 cm³/mol. The van der Waals surface area contributed by atoms with Crippen molar-refractivity contribution < 1.29 is 36.3 Å². The fraction of sp³-hybridized carbons (Fsp3) is 0.188. The summed E-state index contributed by atoms with van der Waals surface area (Å²) < 4.78 is 68.6. The molecule has 4 aromatic carbocycles. The third-order valence-corrected chi connectivity index (χ3v) is 9.21. The largest absolute Gasteiger partial charge is 0.481 e. The maximum absolute atomic E-state index is 14.0. The third kappa shape index (κ3) is 6.41. The zero-order chi connectivity index (χ0) is 30.8. The lowest BCUT2D eigenvalue weighted by Crippen LogP contribution is -2.48. The van der Waals surface area contributed by atoms with Crippen LogP contribution in [0.25, 0.3) is 11.1 Å². The molecule has 0 radical (unpaired) electrons. The van der Waals surface area contributed by atoms with Crippen LogP contribution in [0, 0.1) is 0 Å². The monoisotopic (exact) mass is 608 g/mol. The molecule has 0 saturated carbocycles. The van der Waals surface area contributed by atoms with Gasteiger partial charge in [-0.05, 0) is 52.6 Å². The lowest BCUT2D eigenvalue weighted by Gasteiger charge is -2.27. The van der Waals surface area contributed by atoms with Crippen molar-refractivity contribution in [1.29, 1.82) is 0 Å². The van der Waals surface area contributed by atoms with E-state index in [1.807, 2.05) is 0 Å². The summed E-state index contributed by atoms with van der Waals surface area (Å²) in [6, 6.07) is 24.7. The van der Waals surface area contributed by atoms with E-state index in [0.29, 0.717) is 16.8 Å². The van der Waals surface area contributed by atoms with E-state index in [0.717, 1.165) is 22.0 Å². The van der Waals surface area contributed by atoms with Crippen molar-refractivity contribution in [1.82, 2.24) is 5.32 Å². The topological polar surface area (TPSA) is 104 Å². The highest BCUT2D eigenvalue weighted by Gasteiger charge is 2.42. The van der Waals surface area contributed by atoms with Crippen molar-refractivity contribution in [2.24, 2.45) is 0 Å². The minimum atomic E-state index is -4.52. The molecular formula is C32H27F3N2O5S. The summed E-state index contributed by atoms with van der Waals surface area (Å²) in [7, 11) is -4.29. The molecule has 7 nitrogen and oxygen atoms in total. The summed E-state index contributed by atoms with van der Waals surface area (Å²) in [4.78, 5) is 24.9. The van der Waals surface area contributed by atoms with Gasteiger partial charge in [-0.3, -0.25) is 13.9 Å². The van der Waals surface area contributed by atoms with E-state index >= 15 is 0 Å². The lowest BCUT2D eigenvalue weighted by atomic mass is 9.95. The van der Waals surface area contributed by atoms with Crippen LogP contribution < -0.4 is 9.62 Å². The molecule has 1 unspecified atom stereocenters. The van der Waals surface area contributed by atoms with Gasteiger partial charge in [0.1, 0.15) is 6.04 Å². The Morgan fingerprint density at radius 1 is 0.884 bits per heavy atom. The van der Waals surface area contributed by atoms with Gasteiger partial charge in [-0.25, -0.2) is 8.42 Å². The van der Waals surface area contributed by atoms with Gasteiger partial charge in [-0.15, -0.1) is 0 Å². The number of alkyl halides is 3. The molecule has 43 heavy (non-hydrogen) atoms. The molecule has 11 heteroatoms. The summed E-state index contributed by atoms with van der Waals surface area (Å²) in [5.74, 6) is -2.14. The van der Waals surface area contributed by atoms with Gasteiger partial charge in [-0.2, -0.15) is 13.2 Å². The molecule has 1 aliphatic rings. The molecule has 0 bridgehead atoms. The number of hydrogen-bond donors (Lipinski definition) is 2. The second-order valence-electron chi connectivity index (χ2n) is 10.2. The first kappa shape index (κ1) is 29.8. The van der Waals surface area contributed by atoms with Crippen LogP contribution in [0.4, 0.5) is 18.9 Å². The number of amides is 1. The van der Waals surface area contributed by atoms with Gasteiger partial charge >= 0.3 is 12.1 Å². The zero-order valence-corrected chi connectivity index (χ0v) is 23.5. The van der Waals surface area contributed by atoms with Crippen molar-refractivity contribution in [2.75, 3.05) is 10.8 Å². The van der Waals surface area contributed by atoms with Crippen molar-refractivity contribution in [3.05, 3.63) is 120 Å². The standard InChI is InChI=1S/C32H27F3N2O5S/c33-32(34,35)26-11-6-10-23(17-26)22-13-15-27(16-14-22)43(41,42)37-28-12-5-4-9-24(28)18-29(37)31(40)36-20-25(19-30(38)39)21-7-2-1-3-8-21/h1-17,25,29H,18-20H2,(H,36,40)(H,38,39)/t25?,29-/m0/s1. The second-order valence-corrected chi connectivity index (χ2v) is 12.0. The number of carboxylic acids is 1. The zero-order valence-electron chi connectivity index (χ0n) is 22.7. The van der Waals surface area contributed by atoms with Crippen LogP contribution in [0.3, 0.4) is 0 Å². The van der Waals surface area contributed by atoms with Crippen molar-refractivity contribution in [3.8, 4) is 11.1 Å². The molecule has 2 atom stereocenters. The van der Waals surface area contributed by atoms with Crippen LogP contribution in [0.5, 0.6) is 0 Å². The van der Waals surface area contributed by atoms with E-state index < -0.39 is 45.6 Å². The summed E-state index contributed by atoms with van der Waals surface area (Å²) in [6.45, 7) is -0.0123. The summed E-state index contributed by atoms with van der Waals surface area (Å²) in [5.41, 5.74) is 1.57. The van der Waals surface area contributed by atoms with Gasteiger partial charge < -0.3 is 10.4 Å². The highest BCUT2D eigenvalue weighted by Crippen LogP contribution is 2.38. The molecule has 1 amide bonds. The Morgan fingerprint density at radius 3 is 2.23 bits per heavy atom. The van der Waals surface area contributed by atoms with Gasteiger partial charge in [0.05, 0.1) is 22.6 Å². The first-order valence-electron chi connectivity index (χ1n) is 13.4. The minimum Gasteiger partial charge on any atom is -0.481 e. The number of para-hydroxylation sites is 1. The average Bonchev–Trinajstić information content (AvgIpc) is 3.40. The van der Waals surface area contributed by atoms with Crippen molar-refractivity contribution in [2.45, 2.75) is 35.9 Å². The number of carbonyl (C=O) groups is 2. The molecule has 4 aromatic rings. The Hall–Kier alpha value is -4.64. The normalized spacial score (nSPS) is 15.5. The number of nitrogens with zero attached hydrogens (tertiary/aromatic N) is 1. The summed E-state index contributed by atoms with van der Waals surface area (Å²) in [6.07, 6.45) is -4.64. The number of anilines is 1. The molecule has 2 N–H and O–H groups in total. The van der Waals surface area contributed by atoms with Crippen molar-refractivity contribution >= 4 is 27.6 Å². The van der Waals surface area contributed by atoms with E-state index in [-0.39, 0.29) is 29.8 Å². The van der Waals surface area contributed by atoms with Gasteiger partial charge in [0.2, 0.25) is 5.91 Å². The molecule has 0 spiro atoms. The van der Waals surface area contributed by atoms with E-state index in [4.69, 9.17) is 0 Å². The highest BCUT2D eigenvalue weighted by molar-refractivity contribution is 7.93. The molecule has 5 rings (SSSR count). The molecule has 222 valence electrons. The number of hydrogen-bond acceptors (Lipinski definition) is 4. The van der Waals surface area contributed by atoms with Crippen LogP contribution in [-0.4, -0.2) is 38.0 Å².